The molecule has 3 aromatic carbocycles. The largest absolute Gasteiger partial charge is 0.366 e. The van der Waals surface area contributed by atoms with Gasteiger partial charge in [0.05, 0.1) is 11.1 Å². The van der Waals surface area contributed by atoms with Crippen LogP contribution >= 0.6 is 0 Å². The quantitative estimate of drug-likeness (QED) is 0.484. The van der Waals surface area contributed by atoms with E-state index in [9.17, 15) is 9.59 Å². The average Bonchev–Trinajstić information content (AvgIpc) is 2.81. The molecule has 1 aromatic heterocycles. The number of carbonyl (C=O) groups is 1. The fraction of sp³-hybridized carbons (Fsp3) is 0.148. The Kier molecular flexibility index (Phi) is 5.61. The highest BCUT2D eigenvalue weighted by Crippen LogP contribution is 2.27. The molecule has 1 heterocycles. The van der Waals surface area contributed by atoms with Gasteiger partial charge >= 0.3 is 5.63 Å². The smallest absolute Gasteiger partial charge is 0.324 e. The van der Waals surface area contributed by atoms with Gasteiger partial charge in [-0.3, -0.25) is 4.79 Å². The van der Waals surface area contributed by atoms with Gasteiger partial charge in [-0.25, -0.2) is 4.79 Å². The molecular formula is C27H22N2O3. The minimum Gasteiger partial charge on any atom is -0.324 e. The molecule has 1 atom stereocenters. The highest BCUT2D eigenvalue weighted by molar-refractivity contribution is 6.02. The van der Waals surface area contributed by atoms with Gasteiger partial charge in [-0.1, -0.05) is 65.0 Å². The number of aryl methyl sites for hydroxylation is 2. The molecular weight excluding hydrogens is 400 g/mol. The zero-order chi connectivity index (χ0) is 22.7. The lowest BCUT2D eigenvalue weighted by atomic mass is 9.81. The van der Waals surface area contributed by atoms with Crippen molar-refractivity contribution in [2.45, 2.75) is 26.2 Å². The van der Waals surface area contributed by atoms with Crippen molar-refractivity contribution in [3.63, 3.8) is 0 Å². The first-order valence-corrected chi connectivity index (χ1v) is 10.2. The monoisotopic (exact) mass is 422 g/mol. The molecule has 0 aliphatic carbocycles. The summed E-state index contributed by atoms with van der Waals surface area (Å²) in [7, 11) is 0. The van der Waals surface area contributed by atoms with Crippen LogP contribution in [0.5, 0.6) is 0 Å². The Morgan fingerprint density at radius 3 is 2.41 bits per heavy atom. The molecule has 0 aliphatic rings. The molecule has 0 saturated carbocycles. The van der Waals surface area contributed by atoms with Gasteiger partial charge in [-0.05, 0) is 56.7 Å². The zero-order valence-corrected chi connectivity index (χ0v) is 18.1. The Morgan fingerprint density at radius 1 is 0.969 bits per heavy atom. The minimum absolute atomic E-state index is 0.267. The predicted molar refractivity (Wildman–Crippen MR) is 125 cm³/mol. The van der Waals surface area contributed by atoms with Crippen LogP contribution in [0, 0.1) is 25.7 Å². The Bertz CT molecular complexity index is 1410. The molecule has 0 aliphatic heterocycles. The van der Waals surface area contributed by atoms with E-state index in [0.717, 1.165) is 16.7 Å². The van der Waals surface area contributed by atoms with E-state index in [-0.39, 0.29) is 5.91 Å². The molecule has 5 nitrogen and oxygen atoms in total. The molecule has 158 valence electrons. The second kappa shape index (κ2) is 8.52. The van der Waals surface area contributed by atoms with Gasteiger partial charge in [-0.15, -0.1) is 0 Å². The van der Waals surface area contributed by atoms with Crippen molar-refractivity contribution < 1.29 is 9.32 Å². The molecule has 4 aromatic rings. The molecule has 1 amide bonds. The van der Waals surface area contributed by atoms with E-state index in [4.69, 9.17) is 4.52 Å². The summed E-state index contributed by atoms with van der Waals surface area (Å²) in [5.41, 5.74) is 2.29. The first-order valence-electron chi connectivity index (χ1n) is 10.2. The second-order valence-electron chi connectivity index (χ2n) is 7.88. The van der Waals surface area contributed by atoms with Crippen LogP contribution in [0.1, 0.15) is 29.3 Å². The van der Waals surface area contributed by atoms with Gasteiger partial charge in [0.2, 0.25) is 5.91 Å². The third-order valence-corrected chi connectivity index (χ3v) is 5.47. The molecule has 0 radical (unpaired) electrons. The van der Waals surface area contributed by atoms with E-state index in [0.29, 0.717) is 22.2 Å². The maximum atomic E-state index is 13.5. The zero-order valence-electron chi connectivity index (χ0n) is 18.1. The summed E-state index contributed by atoms with van der Waals surface area (Å²) in [6, 6.07) is 22.4. The number of fused-ring (bicyclic) bond motifs is 1. The Morgan fingerprint density at radius 2 is 1.69 bits per heavy atom. The van der Waals surface area contributed by atoms with Crippen molar-refractivity contribution in [2.75, 3.05) is 5.32 Å². The number of hydrogen-bond acceptors (Lipinski definition) is 4. The van der Waals surface area contributed by atoms with E-state index < -0.39 is 11.0 Å². The van der Waals surface area contributed by atoms with Crippen molar-refractivity contribution >= 4 is 22.4 Å². The number of nitrogens with zero attached hydrogens (tertiary/aromatic N) is 1. The fourth-order valence-electron chi connectivity index (χ4n) is 3.43. The van der Waals surface area contributed by atoms with Crippen LogP contribution in [0.2, 0.25) is 0 Å². The van der Waals surface area contributed by atoms with Crippen molar-refractivity contribution in [1.82, 2.24) is 5.16 Å². The van der Waals surface area contributed by atoms with Crippen LogP contribution in [0.15, 0.2) is 82.1 Å². The van der Waals surface area contributed by atoms with Crippen LogP contribution in [-0.4, -0.2) is 11.1 Å². The van der Waals surface area contributed by atoms with Crippen LogP contribution < -0.4 is 10.9 Å². The number of anilines is 1. The highest BCUT2D eigenvalue weighted by atomic mass is 16.5. The van der Waals surface area contributed by atoms with E-state index in [1.807, 2.05) is 61.5 Å². The maximum absolute atomic E-state index is 13.5. The van der Waals surface area contributed by atoms with Crippen molar-refractivity contribution in [1.29, 1.82) is 0 Å². The first-order chi connectivity index (χ1) is 15.4. The van der Waals surface area contributed by atoms with Gasteiger partial charge < -0.3 is 9.84 Å². The number of rotatable bonds is 3. The molecule has 0 bridgehead atoms. The van der Waals surface area contributed by atoms with E-state index in [2.05, 4.69) is 22.3 Å². The molecule has 5 heteroatoms. The van der Waals surface area contributed by atoms with Gasteiger partial charge in [0.25, 0.3) is 0 Å². The van der Waals surface area contributed by atoms with Gasteiger partial charge in [0, 0.05) is 16.6 Å². The molecule has 32 heavy (non-hydrogen) atoms. The van der Waals surface area contributed by atoms with Crippen LogP contribution in [-0.2, 0) is 10.2 Å². The Hall–Kier alpha value is -4.17. The van der Waals surface area contributed by atoms with Gasteiger partial charge in [-0.2, -0.15) is 0 Å². The lowest BCUT2D eigenvalue weighted by molar-refractivity contribution is -0.119. The summed E-state index contributed by atoms with van der Waals surface area (Å²) >= 11 is 0. The normalized spacial score (nSPS) is 12.5. The molecule has 0 saturated heterocycles. The average molecular weight is 422 g/mol. The summed E-state index contributed by atoms with van der Waals surface area (Å²) in [6.07, 6.45) is 0. The third kappa shape index (κ3) is 4.17. The van der Waals surface area contributed by atoms with Crippen LogP contribution in [0.4, 0.5) is 5.69 Å². The summed E-state index contributed by atoms with van der Waals surface area (Å²) in [6.45, 7) is 5.57. The third-order valence-electron chi connectivity index (χ3n) is 5.47. The summed E-state index contributed by atoms with van der Waals surface area (Å²) in [4.78, 5) is 25.4. The van der Waals surface area contributed by atoms with Crippen molar-refractivity contribution in [3.05, 3.63) is 106 Å². The lowest BCUT2D eigenvalue weighted by Crippen LogP contribution is -2.36. The molecule has 1 N–H and O–H groups in total. The number of hydrogen-bond donors (Lipinski definition) is 1. The summed E-state index contributed by atoms with van der Waals surface area (Å²) < 4.78 is 4.77. The minimum atomic E-state index is -1.09. The number of benzene rings is 3. The van der Waals surface area contributed by atoms with Gasteiger partial charge in [0.15, 0.2) is 0 Å². The summed E-state index contributed by atoms with van der Waals surface area (Å²) in [5, 5.41) is 7.78. The molecule has 1 unspecified atom stereocenters. The van der Waals surface area contributed by atoms with Crippen molar-refractivity contribution in [3.8, 4) is 11.8 Å². The second-order valence-corrected chi connectivity index (χ2v) is 7.88. The molecule has 0 fully saturated rings. The van der Waals surface area contributed by atoms with E-state index in [1.165, 1.54) is 0 Å². The Labute approximate surface area is 186 Å². The van der Waals surface area contributed by atoms with E-state index in [1.54, 1.807) is 32.0 Å². The predicted octanol–water partition coefficient (Wildman–Crippen LogP) is 4.75. The number of nitrogens with one attached hydrogen (secondary N) is 1. The SMILES string of the molecule is Cc1ccc(C#CC(C)(C(=O)Nc2ccc3c(=O)onc(C)c3c2)c2ccccc2)cc1. The number of amides is 1. The molecule has 0 spiro atoms. The van der Waals surface area contributed by atoms with E-state index >= 15 is 0 Å². The maximum Gasteiger partial charge on any atom is 0.366 e. The standard InChI is InChI=1S/C27H22N2O3/c1-18-9-11-20(12-10-18)15-16-27(3,21-7-5-4-6-8-21)26(31)28-22-13-14-23-24(17-22)19(2)29-32-25(23)30/h4-14,17H,1-3H3,(H,28,31). The molecule has 4 rings (SSSR count). The summed E-state index contributed by atoms with van der Waals surface area (Å²) in [5.74, 6) is 6.07. The first kappa shape index (κ1) is 21.1. The van der Waals surface area contributed by atoms with Crippen LogP contribution in [0.25, 0.3) is 10.8 Å². The number of aromatic nitrogens is 1. The van der Waals surface area contributed by atoms with Gasteiger partial charge in [0.1, 0.15) is 5.41 Å². The lowest BCUT2D eigenvalue weighted by Gasteiger charge is -2.23. The highest BCUT2D eigenvalue weighted by Gasteiger charge is 2.33. The topological polar surface area (TPSA) is 72.2 Å². The number of carbonyl (C=O) groups excluding carboxylic acids is 1. The fourth-order valence-corrected chi connectivity index (χ4v) is 3.43. The Balaban J connectivity index is 1.73. The van der Waals surface area contributed by atoms with Crippen LogP contribution in [0.3, 0.4) is 0 Å². The van der Waals surface area contributed by atoms with Crippen molar-refractivity contribution in [2.24, 2.45) is 0 Å².